The Hall–Kier alpha value is -2.01. The average Bonchev–Trinajstić information content (AvgIpc) is 2.47. The minimum Gasteiger partial charge on any atom is -0.497 e. The van der Waals surface area contributed by atoms with Gasteiger partial charge in [0.2, 0.25) is 0 Å². The molecule has 0 aromatic heterocycles. The van der Waals surface area contributed by atoms with Crippen LogP contribution in [0.1, 0.15) is 11.1 Å². The number of methoxy groups -OCH3 is 2. The molecule has 0 aliphatic carbocycles. The standard InChI is InChI=1S/C16H18O4S/c1-12-4-7-15(8-5-12)21(17,18)11-13-10-14(19-2)6-9-16(13)20-3/h4-10H,11H2,1-3H3. The maximum atomic E-state index is 12.5. The van der Waals surface area contributed by atoms with Gasteiger partial charge in [-0.1, -0.05) is 17.7 Å². The molecule has 0 amide bonds. The number of sulfone groups is 1. The van der Waals surface area contributed by atoms with Crippen molar-refractivity contribution >= 4 is 9.84 Å². The summed E-state index contributed by atoms with van der Waals surface area (Å²) in [6.45, 7) is 1.92. The van der Waals surface area contributed by atoms with Crippen molar-refractivity contribution in [2.24, 2.45) is 0 Å². The number of rotatable bonds is 5. The molecule has 112 valence electrons. The molecule has 4 nitrogen and oxygen atoms in total. The molecule has 0 aliphatic rings. The first-order chi connectivity index (χ1) is 9.96. The summed E-state index contributed by atoms with van der Waals surface area (Å²) in [4.78, 5) is 0.304. The number of aryl methyl sites for hydroxylation is 1. The van der Waals surface area contributed by atoms with E-state index in [4.69, 9.17) is 9.47 Å². The van der Waals surface area contributed by atoms with Gasteiger partial charge in [0.05, 0.1) is 24.9 Å². The van der Waals surface area contributed by atoms with Crippen molar-refractivity contribution in [1.29, 1.82) is 0 Å². The highest BCUT2D eigenvalue weighted by atomic mass is 32.2. The SMILES string of the molecule is COc1ccc(OC)c(CS(=O)(=O)c2ccc(C)cc2)c1. The summed E-state index contributed by atoms with van der Waals surface area (Å²) in [7, 11) is -0.364. The maximum absolute atomic E-state index is 12.5. The van der Waals surface area contributed by atoms with Gasteiger partial charge >= 0.3 is 0 Å². The topological polar surface area (TPSA) is 52.6 Å². The van der Waals surface area contributed by atoms with Crippen molar-refractivity contribution in [1.82, 2.24) is 0 Å². The molecule has 0 fully saturated rings. The zero-order valence-corrected chi connectivity index (χ0v) is 13.1. The predicted octanol–water partition coefficient (Wildman–Crippen LogP) is 2.99. The third-order valence-electron chi connectivity index (χ3n) is 3.21. The normalized spacial score (nSPS) is 11.2. The van der Waals surface area contributed by atoms with Crippen LogP contribution in [0.3, 0.4) is 0 Å². The predicted molar refractivity (Wildman–Crippen MR) is 81.6 cm³/mol. The minimum atomic E-state index is -3.42. The second-order valence-corrected chi connectivity index (χ2v) is 6.74. The summed E-state index contributed by atoms with van der Waals surface area (Å²) in [5, 5.41) is 0. The smallest absolute Gasteiger partial charge is 0.182 e. The van der Waals surface area contributed by atoms with Crippen LogP contribution in [0.25, 0.3) is 0 Å². The monoisotopic (exact) mass is 306 g/mol. The Balaban J connectivity index is 2.38. The number of benzene rings is 2. The van der Waals surface area contributed by atoms with E-state index in [1.165, 1.54) is 7.11 Å². The van der Waals surface area contributed by atoms with E-state index in [2.05, 4.69) is 0 Å². The van der Waals surface area contributed by atoms with Gasteiger partial charge in [0.15, 0.2) is 9.84 Å². The first-order valence-corrected chi connectivity index (χ1v) is 8.12. The zero-order chi connectivity index (χ0) is 15.5. The maximum Gasteiger partial charge on any atom is 0.182 e. The number of hydrogen-bond donors (Lipinski definition) is 0. The van der Waals surface area contributed by atoms with Gasteiger partial charge in [0, 0.05) is 5.56 Å². The Kier molecular flexibility index (Phi) is 4.53. The van der Waals surface area contributed by atoms with Crippen molar-refractivity contribution in [2.45, 2.75) is 17.6 Å². The third kappa shape index (κ3) is 3.55. The highest BCUT2D eigenvalue weighted by molar-refractivity contribution is 7.90. The summed E-state index contributed by atoms with van der Waals surface area (Å²) in [5.41, 5.74) is 1.60. The highest BCUT2D eigenvalue weighted by Crippen LogP contribution is 2.27. The van der Waals surface area contributed by atoms with Crippen LogP contribution in [0, 0.1) is 6.92 Å². The van der Waals surface area contributed by atoms with Crippen LogP contribution in [0.15, 0.2) is 47.4 Å². The number of ether oxygens (including phenoxy) is 2. The first kappa shape index (κ1) is 15.4. The lowest BCUT2D eigenvalue weighted by atomic mass is 10.2. The number of hydrogen-bond acceptors (Lipinski definition) is 4. The molecule has 0 spiro atoms. The van der Waals surface area contributed by atoms with Gasteiger partial charge in [-0.15, -0.1) is 0 Å². The lowest BCUT2D eigenvalue weighted by Gasteiger charge is -2.11. The quantitative estimate of drug-likeness (QED) is 0.852. The fourth-order valence-electron chi connectivity index (χ4n) is 2.03. The van der Waals surface area contributed by atoms with Gasteiger partial charge in [-0.2, -0.15) is 0 Å². The van der Waals surface area contributed by atoms with Gasteiger partial charge in [-0.3, -0.25) is 0 Å². The average molecular weight is 306 g/mol. The second kappa shape index (κ2) is 6.18. The van der Waals surface area contributed by atoms with E-state index in [0.29, 0.717) is 22.0 Å². The molecule has 5 heteroatoms. The van der Waals surface area contributed by atoms with E-state index >= 15 is 0 Å². The molecule has 0 bridgehead atoms. The Morgan fingerprint density at radius 1 is 0.952 bits per heavy atom. The van der Waals surface area contributed by atoms with Crippen LogP contribution in [0.4, 0.5) is 0 Å². The van der Waals surface area contributed by atoms with E-state index < -0.39 is 9.84 Å². The van der Waals surface area contributed by atoms with E-state index in [0.717, 1.165) is 5.56 Å². The molecule has 21 heavy (non-hydrogen) atoms. The third-order valence-corrected chi connectivity index (χ3v) is 4.89. The minimum absolute atomic E-state index is 0.129. The molecule has 0 aliphatic heterocycles. The summed E-state index contributed by atoms with van der Waals surface area (Å²) in [6.07, 6.45) is 0. The molecular formula is C16H18O4S. The summed E-state index contributed by atoms with van der Waals surface area (Å²) >= 11 is 0. The lowest BCUT2D eigenvalue weighted by molar-refractivity contribution is 0.400. The van der Waals surface area contributed by atoms with Crippen LogP contribution in [-0.4, -0.2) is 22.6 Å². The lowest BCUT2D eigenvalue weighted by Crippen LogP contribution is -2.06. The van der Waals surface area contributed by atoms with Crippen LogP contribution < -0.4 is 9.47 Å². The summed E-state index contributed by atoms with van der Waals surface area (Å²) < 4.78 is 35.3. The van der Waals surface area contributed by atoms with E-state index in [-0.39, 0.29) is 5.75 Å². The largest absolute Gasteiger partial charge is 0.497 e. The van der Waals surface area contributed by atoms with Crippen LogP contribution in [0.5, 0.6) is 11.5 Å². The summed E-state index contributed by atoms with van der Waals surface area (Å²) in [5.74, 6) is 1.01. The molecule has 0 N–H and O–H groups in total. The van der Waals surface area contributed by atoms with E-state index in [1.54, 1.807) is 49.6 Å². The molecule has 0 heterocycles. The van der Waals surface area contributed by atoms with Gasteiger partial charge in [-0.25, -0.2) is 8.42 Å². The molecule has 0 saturated heterocycles. The van der Waals surface area contributed by atoms with Gasteiger partial charge < -0.3 is 9.47 Å². The summed E-state index contributed by atoms with van der Waals surface area (Å²) in [6, 6.07) is 11.9. The fourth-order valence-corrected chi connectivity index (χ4v) is 3.38. The van der Waals surface area contributed by atoms with Crippen molar-refractivity contribution in [3.63, 3.8) is 0 Å². The molecule has 2 aromatic rings. The fraction of sp³-hybridized carbons (Fsp3) is 0.250. The molecule has 0 unspecified atom stereocenters. The Labute approximate surface area is 125 Å². The highest BCUT2D eigenvalue weighted by Gasteiger charge is 2.18. The van der Waals surface area contributed by atoms with Crippen LogP contribution >= 0.6 is 0 Å². The van der Waals surface area contributed by atoms with Crippen LogP contribution in [-0.2, 0) is 15.6 Å². The first-order valence-electron chi connectivity index (χ1n) is 6.46. The molecule has 0 atom stereocenters. The Bertz CT molecular complexity index is 718. The second-order valence-electron chi connectivity index (χ2n) is 4.75. The van der Waals surface area contributed by atoms with Crippen LogP contribution in [0.2, 0.25) is 0 Å². The molecule has 0 radical (unpaired) electrons. The Morgan fingerprint density at radius 2 is 1.62 bits per heavy atom. The Morgan fingerprint density at radius 3 is 2.19 bits per heavy atom. The van der Waals surface area contributed by atoms with Crippen molar-refractivity contribution < 1.29 is 17.9 Å². The zero-order valence-electron chi connectivity index (χ0n) is 12.3. The van der Waals surface area contributed by atoms with Gasteiger partial charge in [-0.05, 0) is 37.3 Å². The van der Waals surface area contributed by atoms with Gasteiger partial charge in [0.1, 0.15) is 11.5 Å². The van der Waals surface area contributed by atoms with Crippen molar-refractivity contribution in [3.8, 4) is 11.5 Å². The van der Waals surface area contributed by atoms with Gasteiger partial charge in [0.25, 0.3) is 0 Å². The molecule has 0 saturated carbocycles. The van der Waals surface area contributed by atoms with Crippen molar-refractivity contribution in [3.05, 3.63) is 53.6 Å². The van der Waals surface area contributed by atoms with Crippen molar-refractivity contribution in [2.75, 3.05) is 14.2 Å². The van der Waals surface area contributed by atoms with E-state index in [9.17, 15) is 8.42 Å². The molecular weight excluding hydrogens is 288 g/mol. The molecule has 2 aromatic carbocycles. The van der Waals surface area contributed by atoms with E-state index in [1.807, 2.05) is 6.92 Å². The molecule has 2 rings (SSSR count).